The van der Waals surface area contributed by atoms with Crippen LogP contribution < -0.4 is 32.3 Å². The quantitative estimate of drug-likeness (QED) is 0.186. The maximum Gasteiger partial charge on any atom is 0.245 e. The third-order valence-electron chi connectivity index (χ3n) is 7.30. The number of likely N-dealkylation sites (N-methyl/N-ethyl adjacent to an activating group) is 2. The maximum absolute atomic E-state index is 14.0. The van der Waals surface area contributed by atoms with Gasteiger partial charge in [-0.2, -0.15) is 0 Å². The lowest BCUT2D eigenvalue weighted by atomic mass is 10.0. The molecule has 13 nitrogen and oxygen atoms in total. The second-order valence-electron chi connectivity index (χ2n) is 10.7. The predicted octanol–water partition coefficient (Wildman–Crippen LogP) is -0.168. The van der Waals surface area contributed by atoms with Crippen molar-refractivity contribution in [3.05, 3.63) is 77.6 Å². The lowest BCUT2D eigenvalue weighted by Crippen LogP contribution is -2.58. The number of carbonyl (C=O) groups excluding carboxylic acids is 4. The Kier molecular flexibility index (Phi) is 15.5. The van der Waals surface area contributed by atoms with E-state index in [-0.39, 0.29) is 25.0 Å². The first-order chi connectivity index (χ1) is 21.6. The number of hydrazine groups is 1. The van der Waals surface area contributed by atoms with Gasteiger partial charge in [-0.05, 0) is 43.7 Å². The normalized spacial score (nSPS) is 22.0. The average Bonchev–Trinajstić information content (AvgIpc) is 3.05. The number of nitrogens with two attached hydrogens (primary N) is 2. The number of nitrogens with zero attached hydrogens (tertiary/aromatic N) is 2. The van der Waals surface area contributed by atoms with Crippen molar-refractivity contribution in [3.63, 3.8) is 0 Å². The number of nitrogens with one attached hydrogen (secondary N) is 3. The Morgan fingerprint density at radius 1 is 1.13 bits per heavy atom. The summed E-state index contributed by atoms with van der Waals surface area (Å²) in [5.41, 5.74) is 8.21. The van der Waals surface area contributed by atoms with Crippen LogP contribution in [0.4, 0.5) is 0 Å². The third kappa shape index (κ3) is 11.9. The van der Waals surface area contributed by atoms with E-state index in [9.17, 15) is 19.2 Å². The Hall–Kier alpha value is -4.46. The van der Waals surface area contributed by atoms with Gasteiger partial charge in [-0.25, -0.2) is 5.84 Å². The van der Waals surface area contributed by atoms with Gasteiger partial charge in [0.05, 0.1) is 18.7 Å². The highest BCUT2D eigenvalue weighted by Crippen LogP contribution is 2.16. The fourth-order valence-electron chi connectivity index (χ4n) is 4.66. The minimum absolute atomic E-state index is 0.0436. The summed E-state index contributed by atoms with van der Waals surface area (Å²) in [4.78, 5) is 53.9. The zero-order valence-electron chi connectivity index (χ0n) is 26.4. The molecular formula is C32H47N7O6. The zero-order chi connectivity index (χ0) is 33.4. The Morgan fingerprint density at radius 2 is 1.80 bits per heavy atom. The average molecular weight is 626 g/mol. The molecule has 2 bridgehead atoms. The fourth-order valence-corrected chi connectivity index (χ4v) is 4.66. The van der Waals surface area contributed by atoms with Crippen LogP contribution in [0.15, 0.2) is 66.5 Å². The first-order valence-electron chi connectivity index (χ1n) is 14.8. The van der Waals surface area contributed by atoms with E-state index in [2.05, 4.69) is 16.0 Å². The lowest BCUT2D eigenvalue weighted by Gasteiger charge is -2.32. The number of aliphatic hydroxyl groups excluding tert-OH is 1. The van der Waals surface area contributed by atoms with Gasteiger partial charge in [-0.1, -0.05) is 42.5 Å². The van der Waals surface area contributed by atoms with Crippen LogP contribution in [0, 0.1) is 0 Å². The molecule has 0 saturated heterocycles. The zero-order valence-corrected chi connectivity index (χ0v) is 26.4. The summed E-state index contributed by atoms with van der Waals surface area (Å²) in [5.74, 6) is 5.37. The van der Waals surface area contributed by atoms with Gasteiger partial charge in [-0.3, -0.25) is 14.4 Å². The van der Waals surface area contributed by atoms with Gasteiger partial charge in [0.1, 0.15) is 24.1 Å². The minimum atomic E-state index is -1.09. The molecule has 0 fully saturated rings. The summed E-state index contributed by atoms with van der Waals surface area (Å²) in [6.45, 7) is 2.50. The second-order valence-corrected chi connectivity index (χ2v) is 10.7. The molecule has 4 rings (SSSR count). The van der Waals surface area contributed by atoms with E-state index in [1.54, 1.807) is 14.0 Å². The van der Waals surface area contributed by atoms with Crippen molar-refractivity contribution in [1.82, 2.24) is 25.9 Å². The number of benzene rings is 2. The monoisotopic (exact) mass is 625 g/mol. The van der Waals surface area contributed by atoms with Crippen LogP contribution >= 0.6 is 0 Å². The van der Waals surface area contributed by atoms with Crippen LogP contribution in [-0.4, -0.2) is 97.5 Å². The van der Waals surface area contributed by atoms with Gasteiger partial charge in [0.25, 0.3) is 0 Å². The predicted molar refractivity (Wildman–Crippen MR) is 171 cm³/mol. The van der Waals surface area contributed by atoms with Crippen molar-refractivity contribution in [3.8, 4) is 5.75 Å². The molecule has 0 spiro atoms. The van der Waals surface area contributed by atoms with Gasteiger partial charge in [0, 0.05) is 51.9 Å². The maximum atomic E-state index is 14.0. The van der Waals surface area contributed by atoms with Gasteiger partial charge in [0.2, 0.25) is 17.7 Å². The highest BCUT2D eigenvalue weighted by Gasteiger charge is 2.34. The molecule has 3 amide bonds. The Balaban J connectivity index is 0.00000345. The molecule has 0 aliphatic carbocycles. The summed E-state index contributed by atoms with van der Waals surface area (Å²) in [7, 11) is 4.14. The van der Waals surface area contributed by atoms with E-state index in [1.807, 2.05) is 54.6 Å². The molecule has 8 N–H and O–H groups in total. The summed E-state index contributed by atoms with van der Waals surface area (Å²) in [5, 5.41) is 16.8. The van der Waals surface area contributed by atoms with Crippen LogP contribution in [-0.2, 0) is 32.0 Å². The number of fused-ring (bicyclic) bond motifs is 16. The first kappa shape index (κ1) is 36.7. The van der Waals surface area contributed by atoms with Crippen molar-refractivity contribution < 1.29 is 29.0 Å². The summed E-state index contributed by atoms with van der Waals surface area (Å²) in [6.07, 6.45) is 3.20. The fraction of sp³-hybridized carbons (Fsp3) is 0.438. The van der Waals surface area contributed by atoms with E-state index in [1.165, 1.54) is 23.2 Å². The smallest absolute Gasteiger partial charge is 0.245 e. The highest BCUT2D eigenvalue weighted by atomic mass is 16.5. The molecule has 2 aliphatic rings. The first-order valence-corrected chi connectivity index (χ1v) is 14.8. The highest BCUT2D eigenvalue weighted by molar-refractivity contribution is 5.93. The van der Waals surface area contributed by atoms with Crippen LogP contribution in [0.5, 0.6) is 5.75 Å². The summed E-state index contributed by atoms with van der Waals surface area (Å²) >= 11 is 0. The summed E-state index contributed by atoms with van der Waals surface area (Å²) in [6, 6.07) is 13.1. The second kappa shape index (κ2) is 19.0. The minimum Gasteiger partial charge on any atom is -0.494 e. The molecular weight excluding hydrogens is 578 g/mol. The van der Waals surface area contributed by atoms with E-state index in [0.717, 1.165) is 18.2 Å². The molecule has 2 heterocycles. The molecule has 0 aromatic heterocycles. The topological polar surface area (TPSA) is 192 Å². The molecule has 2 aromatic rings. The Labute approximate surface area is 264 Å². The lowest BCUT2D eigenvalue weighted by molar-refractivity contribution is -0.142. The number of hydrogen-bond donors (Lipinski definition) is 6. The van der Waals surface area contributed by atoms with Crippen LogP contribution in [0.3, 0.4) is 0 Å². The molecule has 13 heteroatoms. The SMILES string of the molecule is CNC(C)C(=O)NC1C/C(N)=C/N(N)CCCOc2ccc(cc2)CC(C=O)NC(=O)[C@H](Cc2ccccc2)N(C)C1=O.CO. The molecule has 3 unspecified atom stereocenters. The standard InChI is InChI=1S/C31H43N7O5.CH4O/c1-21(34-2)29(40)36-27-18-24(32)19-38(33)14-7-15-43-26-12-10-23(11-13-26)16-25(20-39)35-30(41)28(37(3)31(27)42)17-22-8-5-4-6-9-22;1-2/h4-6,8-13,19-21,25,27-28,34H,7,14-18,32-33H2,1-3H3,(H,35,41)(H,36,40);2H,1H3/b24-19-;/t21?,25?,27?,28-;/m0./s1. The number of hydrogen-bond acceptors (Lipinski definition) is 10. The van der Waals surface area contributed by atoms with Crippen molar-refractivity contribution >= 4 is 24.0 Å². The molecule has 246 valence electrons. The number of ether oxygens (including phenoxy) is 1. The number of carbonyl (C=O) groups is 4. The van der Waals surface area contributed by atoms with Gasteiger partial charge in [0.15, 0.2) is 0 Å². The van der Waals surface area contributed by atoms with Crippen LogP contribution in [0.1, 0.15) is 30.9 Å². The third-order valence-corrected chi connectivity index (χ3v) is 7.30. The molecule has 4 atom stereocenters. The Morgan fingerprint density at radius 3 is 2.42 bits per heavy atom. The largest absolute Gasteiger partial charge is 0.494 e. The van der Waals surface area contributed by atoms with E-state index in [0.29, 0.717) is 31.6 Å². The van der Waals surface area contributed by atoms with Crippen molar-refractivity contribution in [2.24, 2.45) is 11.6 Å². The molecule has 2 aromatic carbocycles. The Bertz CT molecular complexity index is 1260. The molecule has 2 aliphatic heterocycles. The van der Waals surface area contributed by atoms with Gasteiger partial charge in [-0.15, -0.1) is 0 Å². The summed E-state index contributed by atoms with van der Waals surface area (Å²) < 4.78 is 5.80. The van der Waals surface area contributed by atoms with E-state index < -0.39 is 41.9 Å². The van der Waals surface area contributed by atoms with E-state index in [4.69, 9.17) is 21.4 Å². The van der Waals surface area contributed by atoms with Crippen molar-refractivity contribution in [2.75, 3.05) is 34.4 Å². The number of rotatable bonds is 6. The molecule has 45 heavy (non-hydrogen) atoms. The number of aldehydes is 1. The van der Waals surface area contributed by atoms with Gasteiger partial charge >= 0.3 is 0 Å². The number of amides is 3. The van der Waals surface area contributed by atoms with Crippen molar-refractivity contribution in [2.45, 2.75) is 56.8 Å². The molecule has 0 radical (unpaired) electrons. The molecule has 0 saturated carbocycles. The number of aliphatic hydroxyl groups is 1. The van der Waals surface area contributed by atoms with E-state index >= 15 is 0 Å². The van der Waals surface area contributed by atoms with Crippen molar-refractivity contribution in [1.29, 1.82) is 0 Å². The van der Waals surface area contributed by atoms with Crippen LogP contribution in [0.2, 0.25) is 0 Å². The van der Waals surface area contributed by atoms with Crippen LogP contribution in [0.25, 0.3) is 0 Å². The van der Waals surface area contributed by atoms with Gasteiger partial charge < -0.3 is 46.2 Å².